The predicted octanol–water partition coefficient (Wildman–Crippen LogP) is 13.9. The van der Waals surface area contributed by atoms with E-state index < -0.39 is 0 Å². The summed E-state index contributed by atoms with van der Waals surface area (Å²) in [7, 11) is 0. The lowest BCUT2D eigenvalue weighted by atomic mass is 9.29. The maximum Gasteiger partial charge on any atom is -0.0174 e. The molecule has 0 bridgehead atoms. The molecule has 0 atom stereocenters. The second-order valence-corrected chi connectivity index (χ2v) is 18.0. The van der Waals surface area contributed by atoms with Crippen molar-refractivity contribution in [3.8, 4) is 0 Å². The van der Waals surface area contributed by atoms with Crippen LogP contribution in [-0.4, -0.2) is 0 Å². The minimum atomic E-state index is 0.648. The lowest BCUT2D eigenvalue weighted by molar-refractivity contribution is -0.265. The predicted molar refractivity (Wildman–Crippen MR) is 181 cm³/mol. The summed E-state index contributed by atoms with van der Waals surface area (Å²) in [5, 5.41) is 0. The van der Waals surface area contributed by atoms with Gasteiger partial charge in [0.1, 0.15) is 0 Å². The van der Waals surface area contributed by atoms with Crippen LogP contribution in [0, 0.1) is 38.9 Å². The maximum absolute atomic E-state index is 1.66. The Balaban J connectivity index is 1.44. The van der Waals surface area contributed by atoms with E-state index in [-0.39, 0.29) is 0 Å². The van der Waals surface area contributed by atoms with Crippen molar-refractivity contribution in [1.82, 2.24) is 0 Å². The van der Waals surface area contributed by atoms with Gasteiger partial charge in [0.25, 0.3) is 0 Å². The van der Waals surface area contributed by atoms with Crippen LogP contribution in [0.5, 0.6) is 0 Å². The van der Waals surface area contributed by atoms with Crippen LogP contribution in [0.25, 0.3) is 0 Å². The summed E-state index contributed by atoms with van der Waals surface area (Å²) in [6, 6.07) is 0. The van der Waals surface area contributed by atoms with Crippen LogP contribution >= 0.6 is 0 Å². The normalized spacial score (nSPS) is 34.0. The van der Waals surface area contributed by atoms with E-state index in [1.807, 2.05) is 0 Å². The Morgan fingerprint density at radius 3 is 0.905 bits per heavy atom. The van der Waals surface area contributed by atoms with Crippen molar-refractivity contribution >= 4 is 0 Å². The van der Waals surface area contributed by atoms with Gasteiger partial charge in [0.15, 0.2) is 0 Å². The maximum atomic E-state index is 1.66. The molecule has 0 amide bonds. The Labute approximate surface area is 263 Å². The molecule has 0 heterocycles. The SMILES string of the molecule is C1CCCCC(C2(C3(C4(C5(C6(C7CC7)CCC6)CCCC5)CCCCC4)CCCCCC3)CCCCCCC2)CCC1. The van der Waals surface area contributed by atoms with Gasteiger partial charge in [-0.15, -0.1) is 0 Å². The zero-order valence-corrected chi connectivity index (χ0v) is 28.4. The van der Waals surface area contributed by atoms with Crippen molar-refractivity contribution < 1.29 is 0 Å². The zero-order valence-electron chi connectivity index (χ0n) is 28.4. The number of hydrogen-bond donors (Lipinski definition) is 0. The first-order valence-corrected chi connectivity index (χ1v) is 20.7. The monoisotopic (exact) mass is 577 g/mol. The Bertz CT molecular complexity index is 817. The van der Waals surface area contributed by atoms with Gasteiger partial charge in [-0.2, -0.15) is 0 Å². The van der Waals surface area contributed by atoms with E-state index >= 15 is 0 Å². The first kappa shape index (κ1) is 30.6. The summed E-state index contributed by atoms with van der Waals surface area (Å²) in [6.45, 7) is 0. The van der Waals surface area contributed by atoms with Crippen LogP contribution in [-0.2, 0) is 0 Å². The Morgan fingerprint density at radius 1 is 0.214 bits per heavy atom. The van der Waals surface area contributed by atoms with Gasteiger partial charge in [-0.1, -0.05) is 135 Å². The summed E-state index contributed by atoms with van der Waals surface area (Å²) >= 11 is 0. The number of rotatable bonds is 6. The topological polar surface area (TPSA) is 0 Å². The van der Waals surface area contributed by atoms with Gasteiger partial charge in [0, 0.05) is 0 Å². The second kappa shape index (κ2) is 13.0. The van der Waals surface area contributed by atoms with E-state index in [9.17, 15) is 0 Å². The molecule has 0 aromatic heterocycles. The highest BCUT2D eigenvalue weighted by atomic mass is 14.8. The third-order valence-electron chi connectivity index (χ3n) is 16.8. The molecule has 0 N–H and O–H groups in total. The molecule has 0 unspecified atom stereocenters. The smallest absolute Gasteiger partial charge is 0.0174 e. The van der Waals surface area contributed by atoms with Crippen LogP contribution in [0.4, 0.5) is 0 Å². The van der Waals surface area contributed by atoms with Crippen molar-refractivity contribution in [3.63, 3.8) is 0 Å². The summed E-state index contributed by atoms with van der Waals surface area (Å²) in [5.41, 5.74) is 3.44. The van der Waals surface area contributed by atoms with Crippen molar-refractivity contribution in [2.24, 2.45) is 38.9 Å². The molecule has 7 aliphatic rings. The summed E-state index contributed by atoms with van der Waals surface area (Å²) < 4.78 is 0. The standard InChI is InChI=1S/C42H72/c1-2-5-12-23-36(22-11-4-1)38(26-13-6-3-7-14-27-38)40(30-15-8-9-16-31-40)42(34-17-10-18-35-42)41(32-19-20-33-41)39(28-21-29-39)37-24-25-37/h36-37H,1-35H2. The molecular weight excluding hydrogens is 504 g/mol. The van der Waals surface area contributed by atoms with Gasteiger partial charge in [-0.3, -0.25) is 0 Å². The van der Waals surface area contributed by atoms with Crippen LogP contribution < -0.4 is 0 Å². The molecule has 7 rings (SSSR count). The van der Waals surface area contributed by atoms with Gasteiger partial charge >= 0.3 is 0 Å². The Hall–Kier alpha value is 0. The van der Waals surface area contributed by atoms with Crippen molar-refractivity contribution in [2.45, 2.75) is 225 Å². The molecule has 7 saturated carbocycles. The average molecular weight is 577 g/mol. The van der Waals surface area contributed by atoms with E-state index in [1.54, 1.807) is 205 Å². The van der Waals surface area contributed by atoms with E-state index in [0.29, 0.717) is 21.7 Å². The molecule has 0 nitrogen and oxygen atoms in total. The quantitative estimate of drug-likeness (QED) is 0.276. The Morgan fingerprint density at radius 2 is 0.500 bits per heavy atom. The molecule has 0 spiro atoms. The largest absolute Gasteiger partial charge is 0.0533 e. The van der Waals surface area contributed by atoms with Gasteiger partial charge in [0.2, 0.25) is 0 Å². The summed E-state index contributed by atoms with van der Waals surface area (Å²) in [6.07, 6.45) is 55.8. The lowest BCUT2D eigenvalue weighted by Crippen LogP contribution is -2.68. The summed E-state index contributed by atoms with van der Waals surface area (Å²) in [4.78, 5) is 0. The molecule has 240 valence electrons. The molecule has 7 fully saturated rings. The molecule has 42 heavy (non-hydrogen) atoms. The fourth-order valence-electron chi connectivity index (χ4n) is 15.3. The Kier molecular flexibility index (Phi) is 9.49. The molecule has 7 aliphatic carbocycles. The zero-order chi connectivity index (χ0) is 28.4. The van der Waals surface area contributed by atoms with Crippen molar-refractivity contribution in [2.75, 3.05) is 0 Å². The molecule has 0 aromatic rings. The van der Waals surface area contributed by atoms with E-state index in [1.165, 1.54) is 19.3 Å². The minimum Gasteiger partial charge on any atom is -0.0533 e. The van der Waals surface area contributed by atoms with Crippen LogP contribution in [0.15, 0.2) is 0 Å². The van der Waals surface area contributed by atoms with Gasteiger partial charge in [0.05, 0.1) is 0 Å². The molecule has 0 heteroatoms. The molecule has 0 aliphatic heterocycles. The fraction of sp³-hybridized carbons (Fsp3) is 1.00. The van der Waals surface area contributed by atoms with E-state index in [0.717, 1.165) is 17.3 Å². The average Bonchev–Trinajstić information content (AvgIpc) is 3.72. The van der Waals surface area contributed by atoms with Crippen molar-refractivity contribution in [3.05, 3.63) is 0 Å². The lowest BCUT2D eigenvalue weighted by Gasteiger charge is -2.75. The first-order chi connectivity index (χ1) is 20.7. The molecular formula is C42H72. The highest BCUT2D eigenvalue weighted by molar-refractivity contribution is 5.24. The second-order valence-electron chi connectivity index (χ2n) is 18.0. The van der Waals surface area contributed by atoms with Gasteiger partial charge < -0.3 is 0 Å². The fourth-order valence-corrected chi connectivity index (χ4v) is 15.3. The van der Waals surface area contributed by atoms with Crippen molar-refractivity contribution in [1.29, 1.82) is 0 Å². The van der Waals surface area contributed by atoms with Crippen LogP contribution in [0.2, 0.25) is 0 Å². The van der Waals surface area contributed by atoms with Gasteiger partial charge in [-0.25, -0.2) is 0 Å². The van der Waals surface area contributed by atoms with Gasteiger partial charge in [-0.05, 0) is 129 Å². The van der Waals surface area contributed by atoms with Crippen LogP contribution in [0.3, 0.4) is 0 Å². The minimum absolute atomic E-state index is 0.648. The first-order valence-electron chi connectivity index (χ1n) is 20.7. The van der Waals surface area contributed by atoms with E-state index in [4.69, 9.17) is 0 Å². The highest BCUT2D eigenvalue weighted by Crippen LogP contribution is 2.83. The summed E-state index contributed by atoms with van der Waals surface area (Å²) in [5.74, 6) is 2.17. The molecule has 0 saturated heterocycles. The highest BCUT2D eigenvalue weighted by Gasteiger charge is 2.75. The van der Waals surface area contributed by atoms with Crippen LogP contribution in [0.1, 0.15) is 225 Å². The third kappa shape index (κ3) is 4.85. The molecule has 0 aromatic carbocycles. The molecule has 0 radical (unpaired) electrons. The van der Waals surface area contributed by atoms with E-state index in [2.05, 4.69) is 0 Å². The third-order valence-corrected chi connectivity index (χ3v) is 16.8. The number of hydrogen-bond acceptors (Lipinski definition) is 0.